The molecule has 2 N–H and O–H groups in total. The van der Waals surface area contributed by atoms with Crippen molar-refractivity contribution in [3.63, 3.8) is 0 Å². The Morgan fingerprint density at radius 1 is 0.760 bits per heavy atom. The highest BCUT2D eigenvalue weighted by molar-refractivity contribution is 5.64. The highest BCUT2D eigenvalue weighted by atomic mass is 16.5. The number of unbranched alkanes of at least 4 members (excludes halogenated alkanes) is 2. The average molecular weight is 334 g/mol. The van der Waals surface area contributed by atoms with Crippen LogP contribution in [0.1, 0.15) is 19.3 Å². The molecule has 0 spiro atoms. The van der Waals surface area contributed by atoms with Gasteiger partial charge in [0, 0.05) is 24.5 Å². The molecule has 5 nitrogen and oxygen atoms in total. The molecule has 0 aromatic carbocycles. The van der Waals surface area contributed by atoms with Crippen LogP contribution >= 0.6 is 0 Å². The molecule has 0 saturated carbocycles. The van der Waals surface area contributed by atoms with E-state index in [1.165, 1.54) is 0 Å². The van der Waals surface area contributed by atoms with Crippen molar-refractivity contribution in [1.29, 1.82) is 0 Å². The second-order valence-electron chi connectivity index (χ2n) is 5.70. The Balaban J connectivity index is 1.86. The number of nitrogens with two attached hydrogens (primary N) is 1. The van der Waals surface area contributed by atoms with Crippen LogP contribution in [0.5, 0.6) is 5.75 Å². The van der Waals surface area contributed by atoms with E-state index in [1.54, 1.807) is 12.4 Å². The van der Waals surface area contributed by atoms with E-state index in [2.05, 4.69) is 9.97 Å². The van der Waals surface area contributed by atoms with Gasteiger partial charge in [0.15, 0.2) is 0 Å². The van der Waals surface area contributed by atoms with E-state index < -0.39 is 0 Å². The fourth-order valence-corrected chi connectivity index (χ4v) is 2.49. The molecule has 3 aromatic rings. The van der Waals surface area contributed by atoms with E-state index >= 15 is 0 Å². The number of pyridine rings is 3. The third-order valence-electron chi connectivity index (χ3n) is 3.77. The number of hydrogen-bond donors (Lipinski definition) is 1. The molecular formula is C20H22N4O. The molecule has 0 bridgehead atoms. The Morgan fingerprint density at radius 2 is 1.40 bits per heavy atom. The van der Waals surface area contributed by atoms with Gasteiger partial charge in [-0.3, -0.25) is 9.97 Å². The molecule has 0 radical (unpaired) electrons. The molecule has 0 aliphatic heterocycles. The molecule has 3 heterocycles. The highest BCUT2D eigenvalue weighted by Gasteiger charge is 2.09. The zero-order valence-corrected chi connectivity index (χ0v) is 14.1. The van der Waals surface area contributed by atoms with Crippen LogP contribution in [0.15, 0.2) is 60.9 Å². The predicted molar refractivity (Wildman–Crippen MR) is 99.1 cm³/mol. The monoisotopic (exact) mass is 334 g/mol. The van der Waals surface area contributed by atoms with Crippen molar-refractivity contribution in [3.8, 4) is 28.5 Å². The van der Waals surface area contributed by atoms with Crippen LogP contribution in [0.3, 0.4) is 0 Å². The number of hydrogen-bond acceptors (Lipinski definition) is 5. The van der Waals surface area contributed by atoms with Gasteiger partial charge in [-0.2, -0.15) is 0 Å². The van der Waals surface area contributed by atoms with Crippen molar-refractivity contribution < 1.29 is 4.74 Å². The second kappa shape index (κ2) is 8.89. The molecule has 3 rings (SSSR count). The Labute approximate surface area is 147 Å². The molecular weight excluding hydrogens is 312 g/mol. The third kappa shape index (κ3) is 4.84. The van der Waals surface area contributed by atoms with Crippen molar-refractivity contribution in [2.75, 3.05) is 13.2 Å². The van der Waals surface area contributed by atoms with Crippen LogP contribution in [0.4, 0.5) is 0 Å². The van der Waals surface area contributed by atoms with E-state index in [9.17, 15) is 0 Å². The smallest absolute Gasteiger partial charge is 0.123 e. The molecule has 128 valence electrons. The van der Waals surface area contributed by atoms with E-state index in [-0.39, 0.29) is 0 Å². The molecule has 3 aromatic heterocycles. The number of nitrogens with zero attached hydrogens (tertiary/aromatic N) is 3. The number of rotatable bonds is 8. The fraction of sp³-hybridized carbons (Fsp3) is 0.250. The summed E-state index contributed by atoms with van der Waals surface area (Å²) in [6, 6.07) is 15.4. The maximum atomic E-state index is 5.94. The van der Waals surface area contributed by atoms with Gasteiger partial charge < -0.3 is 10.5 Å². The largest absolute Gasteiger partial charge is 0.493 e. The van der Waals surface area contributed by atoms with Crippen molar-refractivity contribution >= 4 is 0 Å². The molecule has 5 heteroatoms. The minimum absolute atomic E-state index is 0.660. The molecule has 0 aliphatic rings. The first-order valence-electron chi connectivity index (χ1n) is 8.54. The summed E-state index contributed by atoms with van der Waals surface area (Å²) in [6.45, 7) is 1.39. The van der Waals surface area contributed by atoms with E-state index in [0.717, 1.165) is 54.3 Å². The lowest BCUT2D eigenvalue weighted by atomic mass is 10.2. The molecule has 0 saturated heterocycles. The number of aromatic nitrogens is 3. The lowest BCUT2D eigenvalue weighted by molar-refractivity contribution is 0.305. The molecule has 0 fully saturated rings. The van der Waals surface area contributed by atoms with Gasteiger partial charge in [-0.25, -0.2) is 4.98 Å². The second-order valence-corrected chi connectivity index (χ2v) is 5.70. The minimum atomic E-state index is 0.660. The number of ether oxygens (including phenoxy) is 1. The minimum Gasteiger partial charge on any atom is -0.493 e. The van der Waals surface area contributed by atoms with E-state index in [1.807, 2.05) is 48.5 Å². The maximum absolute atomic E-state index is 5.94. The summed E-state index contributed by atoms with van der Waals surface area (Å²) in [6.07, 6.45) is 6.60. The van der Waals surface area contributed by atoms with Crippen LogP contribution < -0.4 is 10.5 Å². The quantitative estimate of drug-likeness (QED) is 0.636. The van der Waals surface area contributed by atoms with Gasteiger partial charge in [0.1, 0.15) is 5.75 Å². The van der Waals surface area contributed by atoms with Gasteiger partial charge >= 0.3 is 0 Å². The lowest BCUT2D eigenvalue weighted by Gasteiger charge is -2.10. The van der Waals surface area contributed by atoms with Crippen molar-refractivity contribution in [2.24, 2.45) is 5.73 Å². The van der Waals surface area contributed by atoms with Crippen molar-refractivity contribution in [1.82, 2.24) is 15.0 Å². The lowest BCUT2D eigenvalue weighted by Crippen LogP contribution is -2.02. The summed E-state index contributed by atoms with van der Waals surface area (Å²) in [5, 5.41) is 0. The van der Waals surface area contributed by atoms with Crippen molar-refractivity contribution in [3.05, 3.63) is 60.9 Å². The zero-order chi connectivity index (χ0) is 17.3. The summed E-state index contributed by atoms with van der Waals surface area (Å²) in [5.74, 6) is 0.782. The van der Waals surface area contributed by atoms with Crippen LogP contribution in [0.2, 0.25) is 0 Å². The van der Waals surface area contributed by atoms with Gasteiger partial charge in [-0.15, -0.1) is 0 Å². The Hall–Kier alpha value is -2.79. The predicted octanol–water partition coefficient (Wildman–Crippen LogP) is 3.71. The first-order valence-corrected chi connectivity index (χ1v) is 8.54. The molecule has 0 atom stereocenters. The van der Waals surface area contributed by atoms with Crippen LogP contribution in [0, 0.1) is 0 Å². The Kier molecular flexibility index (Phi) is 6.06. The SMILES string of the molecule is NCCCCCOc1cc(-c2ccccn2)nc(-c2ccccn2)c1. The molecule has 25 heavy (non-hydrogen) atoms. The van der Waals surface area contributed by atoms with Gasteiger partial charge in [-0.05, 0) is 50.1 Å². The van der Waals surface area contributed by atoms with Gasteiger partial charge in [-0.1, -0.05) is 12.1 Å². The van der Waals surface area contributed by atoms with E-state index in [4.69, 9.17) is 15.5 Å². The van der Waals surface area contributed by atoms with E-state index in [0.29, 0.717) is 6.61 Å². The van der Waals surface area contributed by atoms with Crippen LogP contribution in [-0.2, 0) is 0 Å². The first-order chi connectivity index (χ1) is 12.4. The van der Waals surface area contributed by atoms with Gasteiger partial charge in [0.2, 0.25) is 0 Å². The standard InChI is InChI=1S/C20H22N4O/c21-10-4-1-7-13-25-16-14-19(17-8-2-5-11-22-17)24-20(15-16)18-9-3-6-12-23-18/h2-3,5-6,8-9,11-12,14-15H,1,4,7,10,13,21H2. The topological polar surface area (TPSA) is 73.9 Å². The highest BCUT2D eigenvalue weighted by Crippen LogP contribution is 2.26. The summed E-state index contributed by atoms with van der Waals surface area (Å²) >= 11 is 0. The van der Waals surface area contributed by atoms with Crippen LogP contribution in [0.25, 0.3) is 22.8 Å². The zero-order valence-electron chi connectivity index (χ0n) is 14.1. The van der Waals surface area contributed by atoms with Crippen molar-refractivity contribution in [2.45, 2.75) is 19.3 Å². The molecule has 0 aliphatic carbocycles. The average Bonchev–Trinajstić information content (AvgIpc) is 2.69. The summed E-state index contributed by atoms with van der Waals surface area (Å²) in [5.41, 5.74) is 8.71. The summed E-state index contributed by atoms with van der Waals surface area (Å²) < 4.78 is 5.94. The Morgan fingerprint density at radius 3 is 1.92 bits per heavy atom. The van der Waals surface area contributed by atoms with Crippen LogP contribution in [-0.4, -0.2) is 28.1 Å². The summed E-state index contributed by atoms with van der Waals surface area (Å²) in [4.78, 5) is 13.5. The summed E-state index contributed by atoms with van der Waals surface area (Å²) in [7, 11) is 0. The molecule has 0 amide bonds. The third-order valence-corrected chi connectivity index (χ3v) is 3.77. The maximum Gasteiger partial charge on any atom is 0.123 e. The Bertz CT molecular complexity index is 720. The normalized spacial score (nSPS) is 10.6. The first kappa shape index (κ1) is 17.0. The molecule has 0 unspecified atom stereocenters. The van der Waals surface area contributed by atoms with Gasteiger partial charge in [0.05, 0.1) is 29.4 Å². The van der Waals surface area contributed by atoms with Gasteiger partial charge in [0.25, 0.3) is 0 Å². The fourth-order valence-electron chi connectivity index (χ4n) is 2.49.